The lowest BCUT2D eigenvalue weighted by Gasteiger charge is -2.15. The summed E-state index contributed by atoms with van der Waals surface area (Å²) in [6.45, 7) is 1.93. The van der Waals surface area contributed by atoms with Crippen LogP contribution in [-0.2, 0) is 0 Å². The van der Waals surface area contributed by atoms with Crippen molar-refractivity contribution in [3.8, 4) is 11.8 Å². The van der Waals surface area contributed by atoms with Gasteiger partial charge in [-0.05, 0) is 24.6 Å². The summed E-state index contributed by atoms with van der Waals surface area (Å²) in [5, 5.41) is 11.5. The van der Waals surface area contributed by atoms with Gasteiger partial charge in [0.1, 0.15) is 5.75 Å². The van der Waals surface area contributed by atoms with Crippen LogP contribution in [-0.4, -0.2) is 19.1 Å². The van der Waals surface area contributed by atoms with Gasteiger partial charge < -0.3 is 10.1 Å². The van der Waals surface area contributed by atoms with Crippen LogP contribution in [0.3, 0.4) is 0 Å². The molecule has 0 saturated carbocycles. The highest BCUT2D eigenvalue weighted by Crippen LogP contribution is 2.23. The average molecular weight is 311 g/mol. The van der Waals surface area contributed by atoms with Crippen LogP contribution in [0.4, 0.5) is 0 Å². The van der Waals surface area contributed by atoms with E-state index in [0.717, 1.165) is 10.9 Å². The molecule has 96 valence electrons. The van der Waals surface area contributed by atoms with Crippen molar-refractivity contribution in [2.45, 2.75) is 25.8 Å². The highest BCUT2D eigenvalue weighted by molar-refractivity contribution is 9.10. The molecule has 0 radical (unpaired) electrons. The molecule has 1 aromatic carbocycles. The molecule has 1 N–H and O–H groups in total. The van der Waals surface area contributed by atoms with Gasteiger partial charge in [-0.25, -0.2) is 0 Å². The lowest BCUT2D eigenvalue weighted by atomic mass is 10.1. The molecule has 0 aliphatic carbocycles. The first-order chi connectivity index (χ1) is 8.62. The lowest BCUT2D eigenvalue weighted by molar-refractivity contribution is 0.0933. The molecule has 0 saturated heterocycles. The number of nitrogens with one attached hydrogen (secondary N) is 1. The van der Waals surface area contributed by atoms with Crippen molar-refractivity contribution in [3.05, 3.63) is 28.2 Å². The molecule has 0 heterocycles. The Hall–Kier alpha value is -1.54. The molecule has 0 aromatic heterocycles. The molecule has 0 aliphatic heterocycles. The number of ether oxygens (including phenoxy) is 1. The van der Waals surface area contributed by atoms with Crippen molar-refractivity contribution >= 4 is 21.8 Å². The molecule has 0 aliphatic rings. The third-order valence-corrected chi connectivity index (χ3v) is 3.07. The minimum Gasteiger partial charge on any atom is -0.496 e. The minimum atomic E-state index is -0.227. The molecule has 1 rings (SSSR count). The molecule has 5 heteroatoms. The van der Waals surface area contributed by atoms with Gasteiger partial charge in [0, 0.05) is 10.5 Å². The number of halogens is 1. The van der Waals surface area contributed by atoms with Crippen molar-refractivity contribution in [1.29, 1.82) is 5.26 Å². The number of carbonyl (C=O) groups excluding carboxylic acids is 1. The van der Waals surface area contributed by atoms with E-state index >= 15 is 0 Å². The largest absolute Gasteiger partial charge is 0.496 e. The fraction of sp³-hybridized carbons (Fsp3) is 0.385. The first kappa shape index (κ1) is 14.5. The average Bonchev–Trinajstić information content (AvgIpc) is 2.38. The van der Waals surface area contributed by atoms with E-state index in [1.807, 2.05) is 13.0 Å². The van der Waals surface area contributed by atoms with Crippen molar-refractivity contribution in [3.63, 3.8) is 0 Å². The van der Waals surface area contributed by atoms with Crippen LogP contribution >= 0.6 is 15.9 Å². The van der Waals surface area contributed by atoms with Gasteiger partial charge in [0.2, 0.25) is 0 Å². The predicted molar refractivity (Wildman–Crippen MR) is 72.5 cm³/mol. The summed E-state index contributed by atoms with van der Waals surface area (Å²) in [5.41, 5.74) is 0.461. The van der Waals surface area contributed by atoms with Crippen LogP contribution < -0.4 is 10.1 Å². The Morgan fingerprint density at radius 2 is 2.33 bits per heavy atom. The highest BCUT2D eigenvalue weighted by Gasteiger charge is 2.16. The summed E-state index contributed by atoms with van der Waals surface area (Å²) in [6, 6.07) is 7.16. The number of nitriles is 1. The van der Waals surface area contributed by atoms with Crippen molar-refractivity contribution in [2.75, 3.05) is 7.11 Å². The highest BCUT2D eigenvalue weighted by atomic mass is 79.9. The van der Waals surface area contributed by atoms with Crippen LogP contribution in [0, 0.1) is 11.3 Å². The number of carbonyl (C=O) groups is 1. The van der Waals surface area contributed by atoms with E-state index in [1.165, 1.54) is 7.11 Å². The molecule has 0 fully saturated rings. The number of nitrogens with zero attached hydrogens (tertiary/aromatic N) is 1. The van der Waals surface area contributed by atoms with E-state index in [4.69, 9.17) is 10.00 Å². The topological polar surface area (TPSA) is 62.1 Å². The van der Waals surface area contributed by atoms with Crippen molar-refractivity contribution in [2.24, 2.45) is 0 Å². The maximum absolute atomic E-state index is 12.1. The Kier molecular flexibility index (Phi) is 5.66. The second-order valence-corrected chi connectivity index (χ2v) is 4.70. The van der Waals surface area contributed by atoms with Gasteiger partial charge in [-0.15, -0.1) is 0 Å². The Labute approximate surface area is 115 Å². The second-order valence-electron chi connectivity index (χ2n) is 3.79. The zero-order valence-corrected chi connectivity index (χ0v) is 12.0. The third kappa shape index (κ3) is 3.74. The number of hydrogen-bond donors (Lipinski definition) is 1. The molecule has 18 heavy (non-hydrogen) atoms. The number of hydrogen-bond acceptors (Lipinski definition) is 3. The Balaban J connectivity index is 2.89. The van der Waals surface area contributed by atoms with Gasteiger partial charge in [0.05, 0.1) is 25.2 Å². The minimum absolute atomic E-state index is 0.133. The molecular weight excluding hydrogens is 296 g/mol. The van der Waals surface area contributed by atoms with E-state index in [-0.39, 0.29) is 11.9 Å². The van der Waals surface area contributed by atoms with Crippen LogP contribution in [0.1, 0.15) is 30.1 Å². The zero-order chi connectivity index (χ0) is 13.5. The smallest absolute Gasteiger partial charge is 0.255 e. The van der Waals surface area contributed by atoms with E-state index in [9.17, 15) is 4.79 Å². The van der Waals surface area contributed by atoms with E-state index < -0.39 is 0 Å². The van der Waals surface area contributed by atoms with Crippen molar-refractivity contribution in [1.82, 2.24) is 5.32 Å². The summed E-state index contributed by atoms with van der Waals surface area (Å²) < 4.78 is 5.96. The Morgan fingerprint density at radius 3 is 2.89 bits per heavy atom. The number of benzene rings is 1. The summed E-state index contributed by atoms with van der Waals surface area (Å²) >= 11 is 3.32. The number of amides is 1. The standard InChI is InChI=1S/C13H15BrN2O2/c1-3-10(6-7-15)16-13(17)11-8-9(14)4-5-12(11)18-2/h4-5,8,10H,3,6H2,1-2H3,(H,16,17). The van der Waals surface area contributed by atoms with Gasteiger partial charge in [-0.2, -0.15) is 5.26 Å². The monoisotopic (exact) mass is 310 g/mol. The van der Waals surface area contributed by atoms with E-state index in [1.54, 1.807) is 12.1 Å². The first-order valence-electron chi connectivity index (χ1n) is 5.63. The summed E-state index contributed by atoms with van der Waals surface area (Å²) in [4.78, 5) is 12.1. The molecular formula is C13H15BrN2O2. The molecule has 4 nitrogen and oxygen atoms in total. The van der Waals surface area contributed by atoms with Crippen LogP contribution in [0.5, 0.6) is 5.75 Å². The molecule has 0 spiro atoms. The number of rotatable bonds is 5. The summed E-state index contributed by atoms with van der Waals surface area (Å²) in [6.07, 6.45) is 1.02. The van der Waals surface area contributed by atoms with Gasteiger partial charge in [0.25, 0.3) is 5.91 Å². The maximum Gasteiger partial charge on any atom is 0.255 e. The van der Waals surface area contributed by atoms with Gasteiger partial charge in [0.15, 0.2) is 0 Å². The molecule has 1 amide bonds. The van der Waals surface area contributed by atoms with E-state index in [0.29, 0.717) is 17.7 Å². The quantitative estimate of drug-likeness (QED) is 0.909. The predicted octanol–water partition coefficient (Wildman–Crippen LogP) is 2.88. The molecule has 1 atom stereocenters. The van der Waals surface area contributed by atoms with Gasteiger partial charge >= 0.3 is 0 Å². The normalized spacial score (nSPS) is 11.4. The number of methoxy groups -OCH3 is 1. The Bertz CT molecular complexity index is 469. The van der Waals surface area contributed by atoms with Gasteiger partial charge in [-0.1, -0.05) is 22.9 Å². The van der Waals surface area contributed by atoms with Crippen LogP contribution in [0.2, 0.25) is 0 Å². The first-order valence-corrected chi connectivity index (χ1v) is 6.43. The third-order valence-electron chi connectivity index (χ3n) is 2.57. The summed E-state index contributed by atoms with van der Waals surface area (Å²) in [5.74, 6) is 0.290. The van der Waals surface area contributed by atoms with Crippen LogP contribution in [0.15, 0.2) is 22.7 Å². The second kappa shape index (κ2) is 7.02. The Morgan fingerprint density at radius 1 is 1.61 bits per heavy atom. The summed E-state index contributed by atoms with van der Waals surface area (Å²) in [7, 11) is 1.52. The van der Waals surface area contributed by atoms with Gasteiger partial charge in [-0.3, -0.25) is 4.79 Å². The van der Waals surface area contributed by atoms with E-state index in [2.05, 4.69) is 27.3 Å². The fourth-order valence-electron chi connectivity index (χ4n) is 1.53. The molecule has 1 unspecified atom stereocenters. The zero-order valence-electron chi connectivity index (χ0n) is 10.4. The molecule has 1 aromatic rings. The van der Waals surface area contributed by atoms with Crippen molar-refractivity contribution < 1.29 is 9.53 Å². The molecule has 0 bridgehead atoms. The van der Waals surface area contributed by atoms with Crippen LogP contribution in [0.25, 0.3) is 0 Å². The SMILES string of the molecule is CCC(CC#N)NC(=O)c1cc(Br)ccc1OC. The maximum atomic E-state index is 12.1. The lowest BCUT2D eigenvalue weighted by Crippen LogP contribution is -2.34. The fourth-order valence-corrected chi connectivity index (χ4v) is 1.89.